The molecule has 0 aromatic carbocycles. The highest BCUT2D eigenvalue weighted by Gasteiger charge is 2.21. The number of carbonyl (C=O) groups is 1. The maximum atomic E-state index is 11.9. The lowest BCUT2D eigenvalue weighted by molar-refractivity contribution is -0.125. The van der Waals surface area contributed by atoms with Gasteiger partial charge >= 0.3 is 0 Å². The molecule has 0 aliphatic carbocycles. The first-order valence-corrected chi connectivity index (χ1v) is 6.98. The molecule has 0 aromatic heterocycles. The van der Waals surface area contributed by atoms with E-state index < -0.39 is 0 Å². The van der Waals surface area contributed by atoms with Gasteiger partial charge in [0, 0.05) is 13.1 Å². The van der Waals surface area contributed by atoms with Gasteiger partial charge in [0.2, 0.25) is 5.91 Å². The molecule has 1 aliphatic heterocycles. The van der Waals surface area contributed by atoms with Crippen LogP contribution in [-0.4, -0.2) is 49.6 Å². The lowest BCUT2D eigenvalue weighted by Crippen LogP contribution is -2.46. The molecule has 1 aliphatic rings. The van der Waals surface area contributed by atoms with Gasteiger partial charge in [0.1, 0.15) is 0 Å². The average Bonchev–Trinajstić information content (AvgIpc) is 2.62. The third-order valence-corrected chi connectivity index (χ3v) is 3.42. The summed E-state index contributed by atoms with van der Waals surface area (Å²) in [5.41, 5.74) is 0. The van der Waals surface area contributed by atoms with Crippen molar-refractivity contribution >= 4 is 5.91 Å². The van der Waals surface area contributed by atoms with Gasteiger partial charge < -0.3 is 10.6 Å². The highest BCUT2D eigenvalue weighted by Crippen LogP contribution is 2.12. The van der Waals surface area contributed by atoms with E-state index in [-0.39, 0.29) is 11.9 Å². The zero-order valence-electron chi connectivity index (χ0n) is 11.3. The Morgan fingerprint density at radius 2 is 1.82 bits per heavy atom. The van der Waals surface area contributed by atoms with Crippen LogP contribution in [0.5, 0.6) is 0 Å². The Hall–Kier alpha value is -0.610. The number of likely N-dealkylation sites (N-methyl/N-ethyl adjacent to an activating group) is 1. The number of hydrogen-bond donors (Lipinski definition) is 2. The van der Waals surface area contributed by atoms with Crippen molar-refractivity contribution in [3.05, 3.63) is 0 Å². The summed E-state index contributed by atoms with van der Waals surface area (Å²) in [6.07, 6.45) is 5.08. The Morgan fingerprint density at radius 1 is 1.18 bits per heavy atom. The third-order valence-electron chi connectivity index (χ3n) is 3.42. The summed E-state index contributed by atoms with van der Waals surface area (Å²) >= 11 is 0. The molecule has 1 atom stereocenters. The first-order valence-electron chi connectivity index (χ1n) is 6.98. The van der Waals surface area contributed by atoms with Crippen LogP contribution in [0, 0.1) is 0 Å². The molecule has 4 nitrogen and oxygen atoms in total. The summed E-state index contributed by atoms with van der Waals surface area (Å²) in [5.74, 6) is 0.171. The molecule has 1 rings (SSSR count). The second-order valence-corrected chi connectivity index (χ2v) is 4.77. The lowest BCUT2D eigenvalue weighted by atomic mass is 10.2. The molecule has 2 N–H and O–H groups in total. The molecular weight excluding hydrogens is 214 g/mol. The van der Waals surface area contributed by atoms with Crippen LogP contribution in [0.2, 0.25) is 0 Å². The number of likely N-dealkylation sites (tertiary alicyclic amines) is 1. The van der Waals surface area contributed by atoms with Crippen molar-refractivity contribution in [1.29, 1.82) is 0 Å². The minimum absolute atomic E-state index is 0.0229. The van der Waals surface area contributed by atoms with Crippen LogP contribution in [-0.2, 0) is 4.79 Å². The predicted molar refractivity (Wildman–Crippen MR) is 71.1 cm³/mol. The van der Waals surface area contributed by atoms with Crippen molar-refractivity contribution in [2.24, 2.45) is 0 Å². The van der Waals surface area contributed by atoms with Gasteiger partial charge in [-0.15, -0.1) is 0 Å². The average molecular weight is 241 g/mol. The van der Waals surface area contributed by atoms with E-state index in [1.54, 1.807) is 0 Å². The van der Waals surface area contributed by atoms with Crippen LogP contribution in [0.25, 0.3) is 0 Å². The fourth-order valence-electron chi connectivity index (χ4n) is 2.25. The van der Waals surface area contributed by atoms with E-state index in [9.17, 15) is 4.79 Å². The Morgan fingerprint density at radius 3 is 2.41 bits per heavy atom. The van der Waals surface area contributed by atoms with Crippen molar-refractivity contribution < 1.29 is 4.79 Å². The van der Waals surface area contributed by atoms with E-state index >= 15 is 0 Å². The molecule has 0 bridgehead atoms. The van der Waals surface area contributed by atoms with Crippen LogP contribution in [0.15, 0.2) is 0 Å². The molecule has 1 heterocycles. The maximum Gasteiger partial charge on any atom is 0.237 e. The Bertz CT molecular complexity index is 213. The monoisotopic (exact) mass is 241 g/mol. The molecular formula is C13H27N3O. The molecule has 1 unspecified atom stereocenters. The van der Waals surface area contributed by atoms with E-state index in [4.69, 9.17) is 0 Å². The van der Waals surface area contributed by atoms with Gasteiger partial charge in [0.05, 0.1) is 6.04 Å². The van der Waals surface area contributed by atoms with Gasteiger partial charge in [-0.1, -0.05) is 19.8 Å². The molecule has 0 spiro atoms. The number of nitrogens with one attached hydrogen (secondary N) is 2. The first kappa shape index (κ1) is 14.5. The number of hydrogen-bond acceptors (Lipinski definition) is 3. The normalized spacial score (nSPS) is 19.6. The molecule has 1 fully saturated rings. The van der Waals surface area contributed by atoms with Crippen LogP contribution in [0.1, 0.15) is 39.5 Å². The van der Waals surface area contributed by atoms with Gasteiger partial charge in [-0.05, 0) is 39.4 Å². The number of amides is 1. The molecule has 0 saturated carbocycles. The van der Waals surface area contributed by atoms with Crippen LogP contribution in [0.4, 0.5) is 0 Å². The fourth-order valence-corrected chi connectivity index (χ4v) is 2.25. The largest absolute Gasteiger partial charge is 0.353 e. The second kappa shape index (κ2) is 8.48. The first-order chi connectivity index (χ1) is 8.25. The molecule has 17 heavy (non-hydrogen) atoms. The number of rotatable bonds is 6. The van der Waals surface area contributed by atoms with Crippen LogP contribution < -0.4 is 10.6 Å². The highest BCUT2D eigenvalue weighted by molar-refractivity contribution is 5.81. The summed E-state index contributed by atoms with van der Waals surface area (Å²) in [7, 11) is 0. The van der Waals surface area contributed by atoms with Gasteiger partial charge in [0.15, 0.2) is 0 Å². The molecule has 0 radical (unpaired) electrons. The maximum absolute atomic E-state index is 11.9. The minimum atomic E-state index is 0.0229. The Balaban J connectivity index is 2.24. The van der Waals surface area contributed by atoms with Crippen molar-refractivity contribution in [3.8, 4) is 0 Å². The zero-order valence-corrected chi connectivity index (χ0v) is 11.3. The standard InChI is InChI=1S/C13H27N3O/c1-3-14-8-9-15-13(17)12(2)16-10-6-4-5-7-11-16/h12,14H,3-11H2,1-2H3,(H,15,17). The van der Waals surface area contributed by atoms with Crippen LogP contribution >= 0.6 is 0 Å². The Labute approximate surface area is 105 Å². The summed E-state index contributed by atoms with van der Waals surface area (Å²) in [6.45, 7) is 8.77. The quantitative estimate of drug-likeness (QED) is 0.681. The SMILES string of the molecule is CCNCCNC(=O)C(C)N1CCCCCC1. The van der Waals surface area contributed by atoms with Crippen molar-refractivity contribution in [2.75, 3.05) is 32.7 Å². The molecule has 0 aromatic rings. The Kier molecular flexibility index (Phi) is 7.21. The molecule has 100 valence electrons. The van der Waals surface area contributed by atoms with Crippen molar-refractivity contribution in [2.45, 2.75) is 45.6 Å². The topological polar surface area (TPSA) is 44.4 Å². The fraction of sp³-hybridized carbons (Fsp3) is 0.923. The summed E-state index contributed by atoms with van der Waals surface area (Å²) in [4.78, 5) is 14.3. The lowest BCUT2D eigenvalue weighted by Gasteiger charge is -2.26. The van der Waals surface area contributed by atoms with Gasteiger partial charge in [-0.3, -0.25) is 9.69 Å². The minimum Gasteiger partial charge on any atom is -0.353 e. The highest BCUT2D eigenvalue weighted by atomic mass is 16.2. The zero-order chi connectivity index (χ0) is 12.5. The van der Waals surface area contributed by atoms with E-state index in [2.05, 4.69) is 22.5 Å². The smallest absolute Gasteiger partial charge is 0.237 e. The number of carbonyl (C=O) groups excluding carboxylic acids is 1. The van der Waals surface area contributed by atoms with E-state index in [1.807, 2.05) is 6.92 Å². The summed E-state index contributed by atoms with van der Waals surface area (Å²) in [6, 6.07) is 0.0229. The number of nitrogens with zero attached hydrogens (tertiary/aromatic N) is 1. The van der Waals surface area contributed by atoms with Crippen molar-refractivity contribution in [1.82, 2.24) is 15.5 Å². The summed E-state index contributed by atoms with van der Waals surface area (Å²) < 4.78 is 0. The van der Waals surface area contributed by atoms with Gasteiger partial charge in [-0.2, -0.15) is 0 Å². The second-order valence-electron chi connectivity index (χ2n) is 4.77. The van der Waals surface area contributed by atoms with E-state index in [0.717, 1.165) is 32.7 Å². The van der Waals surface area contributed by atoms with E-state index in [0.29, 0.717) is 0 Å². The molecule has 4 heteroatoms. The third kappa shape index (κ3) is 5.50. The molecule has 1 saturated heterocycles. The van der Waals surface area contributed by atoms with Crippen molar-refractivity contribution in [3.63, 3.8) is 0 Å². The van der Waals surface area contributed by atoms with Gasteiger partial charge in [0.25, 0.3) is 0 Å². The van der Waals surface area contributed by atoms with Gasteiger partial charge in [-0.25, -0.2) is 0 Å². The molecule has 1 amide bonds. The van der Waals surface area contributed by atoms with Crippen LogP contribution in [0.3, 0.4) is 0 Å². The van der Waals surface area contributed by atoms with E-state index in [1.165, 1.54) is 25.7 Å². The summed E-state index contributed by atoms with van der Waals surface area (Å²) in [5, 5.41) is 6.20. The predicted octanol–water partition coefficient (Wildman–Crippen LogP) is 0.977.